The van der Waals surface area contributed by atoms with E-state index in [0.717, 1.165) is 5.56 Å². The minimum absolute atomic E-state index is 0.142. The molecule has 1 heterocycles. The lowest BCUT2D eigenvalue weighted by Gasteiger charge is -2.09. The number of hydrogen-bond donors (Lipinski definition) is 1. The molecule has 1 amide bonds. The molecule has 0 saturated carbocycles. The molecular weight excluding hydrogens is 365 g/mol. The van der Waals surface area contributed by atoms with E-state index in [0.29, 0.717) is 28.5 Å². The third-order valence-corrected chi connectivity index (χ3v) is 4.06. The van der Waals surface area contributed by atoms with Gasteiger partial charge in [0.1, 0.15) is 5.82 Å². The van der Waals surface area contributed by atoms with Crippen molar-refractivity contribution in [1.82, 2.24) is 10.1 Å². The third kappa shape index (κ3) is 4.59. The summed E-state index contributed by atoms with van der Waals surface area (Å²) in [7, 11) is 1.31. The van der Waals surface area contributed by atoms with Crippen LogP contribution in [0.3, 0.4) is 0 Å². The molecule has 0 spiro atoms. The van der Waals surface area contributed by atoms with E-state index in [1.165, 1.54) is 19.2 Å². The van der Waals surface area contributed by atoms with Crippen LogP contribution in [0.15, 0.2) is 47.0 Å². The van der Waals surface area contributed by atoms with Gasteiger partial charge < -0.3 is 14.6 Å². The molecule has 28 heavy (non-hydrogen) atoms. The number of aromatic nitrogens is 2. The Balaban J connectivity index is 1.57. The van der Waals surface area contributed by atoms with Crippen LogP contribution in [0.1, 0.15) is 28.2 Å². The molecule has 0 atom stereocenters. The van der Waals surface area contributed by atoms with Gasteiger partial charge in [0.15, 0.2) is 0 Å². The second-order valence-corrected chi connectivity index (χ2v) is 6.09. The van der Waals surface area contributed by atoms with Crippen molar-refractivity contribution in [2.45, 2.75) is 19.8 Å². The van der Waals surface area contributed by atoms with Crippen LogP contribution >= 0.6 is 0 Å². The van der Waals surface area contributed by atoms with Crippen LogP contribution in [0.4, 0.5) is 10.1 Å². The molecule has 7 nitrogen and oxygen atoms in total. The Morgan fingerprint density at radius 3 is 2.61 bits per heavy atom. The van der Waals surface area contributed by atoms with Gasteiger partial charge in [-0.05, 0) is 55.0 Å². The van der Waals surface area contributed by atoms with E-state index < -0.39 is 5.97 Å². The molecule has 144 valence electrons. The molecule has 0 unspecified atom stereocenters. The van der Waals surface area contributed by atoms with E-state index in [1.54, 1.807) is 37.3 Å². The summed E-state index contributed by atoms with van der Waals surface area (Å²) in [5.41, 5.74) is 2.39. The number of carbonyl (C=O) groups is 2. The summed E-state index contributed by atoms with van der Waals surface area (Å²) in [5, 5.41) is 6.63. The Bertz CT molecular complexity index is 999. The Kier molecular flexibility index (Phi) is 5.78. The molecule has 0 aliphatic rings. The summed E-state index contributed by atoms with van der Waals surface area (Å²) < 4.78 is 22.8. The van der Waals surface area contributed by atoms with Crippen LogP contribution in [0.2, 0.25) is 0 Å². The number of halogens is 1. The molecule has 0 fully saturated rings. The summed E-state index contributed by atoms with van der Waals surface area (Å²) in [6, 6.07) is 10.6. The highest BCUT2D eigenvalue weighted by atomic mass is 19.1. The lowest BCUT2D eigenvalue weighted by atomic mass is 10.1. The number of benzene rings is 2. The summed E-state index contributed by atoms with van der Waals surface area (Å²) in [6.07, 6.45) is 0.405. The van der Waals surface area contributed by atoms with Crippen molar-refractivity contribution in [2.75, 3.05) is 12.4 Å². The average molecular weight is 383 g/mol. The van der Waals surface area contributed by atoms with Crippen molar-refractivity contribution >= 4 is 17.6 Å². The number of nitrogens with zero attached hydrogens (tertiary/aromatic N) is 2. The number of anilines is 1. The number of hydrogen-bond acceptors (Lipinski definition) is 6. The monoisotopic (exact) mass is 383 g/mol. The predicted octanol–water partition coefficient (Wildman–Crippen LogP) is 3.54. The van der Waals surface area contributed by atoms with Gasteiger partial charge in [0.05, 0.1) is 12.7 Å². The first kappa shape index (κ1) is 19.2. The van der Waals surface area contributed by atoms with Crippen molar-refractivity contribution in [3.8, 4) is 11.4 Å². The van der Waals surface area contributed by atoms with E-state index in [9.17, 15) is 14.0 Å². The fourth-order valence-corrected chi connectivity index (χ4v) is 2.55. The van der Waals surface area contributed by atoms with Crippen LogP contribution in [0.5, 0.6) is 0 Å². The number of ether oxygens (including phenoxy) is 1. The van der Waals surface area contributed by atoms with Crippen molar-refractivity contribution in [3.05, 3.63) is 65.3 Å². The van der Waals surface area contributed by atoms with E-state index >= 15 is 0 Å². The van der Waals surface area contributed by atoms with Crippen molar-refractivity contribution in [1.29, 1.82) is 0 Å². The van der Waals surface area contributed by atoms with Crippen molar-refractivity contribution in [2.24, 2.45) is 0 Å². The molecule has 8 heteroatoms. The maximum absolute atomic E-state index is 13.0. The number of nitrogens with one attached hydrogen (secondary N) is 1. The van der Waals surface area contributed by atoms with Gasteiger partial charge in [-0.25, -0.2) is 9.18 Å². The van der Waals surface area contributed by atoms with E-state index in [2.05, 4.69) is 20.2 Å². The molecule has 0 saturated heterocycles. The van der Waals surface area contributed by atoms with Gasteiger partial charge in [-0.3, -0.25) is 4.79 Å². The second kappa shape index (κ2) is 8.43. The Morgan fingerprint density at radius 2 is 1.93 bits per heavy atom. The Morgan fingerprint density at radius 1 is 1.18 bits per heavy atom. The second-order valence-electron chi connectivity index (χ2n) is 6.09. The standard InChI is InChI=1S/C20H18FN3O4/c1-12-11-14(20(26)27-2)5-8-16(12)22-17(25)9-10-18-23-19(24-28-18)13-3-6-15(21)7-4-13/h3-8,11H,9-10H2,1-2H3,(H,22,25). The molecule has 3 aromatic rings. The molecule has 0 aliphatic heterocycles. The van der Waals surface area contributed by atoms with Gasteiger partial charge in [-0.15, -0.1) is 0 Å². The summed E-state index contributed by atoms with van der Waals surface area (Å²) in [4.78, 5) is 27.9. The SMILES string of the molecule is COC(=O)c1ccc(NC(=O)CCc2nc(-c3ccc(F)cc3)no2)c(C)c1. The van der Waals surface area contributed by atoms with Gasteiger partial charge in [0, 0.05) is 24.1 Å². The van der Waals surface area contributed by atoms with Crippen LogP contribution in [0, 0.1) is 12.7 Å². The first-order chi connectivity index (χ1) is 13.5. The fourth-order valence-electron chi connectivity index (χ4n) is 2.55. The van der Waals surface area contributed by atoms with Crippen LogP contribution in [-0.2, 0) is 16.0 Å². The zero-order valence-electron chi connectivity index (χ0n) is 15.4. The van der Waals surface area contributed by atoms with E-state index in [-0.39, 0.29) is 24.6 Å². The maximum Gasteiger partial charge on any atom is 0.337 e. The van der Waals surface area contributed by atoms with Crippen LogP contribution in [0.25, 0.3) is 11.4 Å². The van der Waals surface area contributed by atoms with Gasteiger partial charge in [-0.1, -0.05) is 5.16 Å². The summed E-state index contributed by atoms with van der Waals surface area (Å²) in [6.45, 7) is 1.79. The molecule has 1 aromatic heterocycles. The molecule has 2 aromatic carbocycles. The molecule has 1 N–H and O–H groups in total. The summed E-state index contributed by atoms with van der Waals surface area (Å²) >= 11 is 0. The molecular formula is C20H18FN3O4. The van der Waals surface area contributed by atoms with Crippen molar-refractivity contribution < 1.29 is 23.2 Å². The van der Waals surface area contributed by atoms with Crippen molar-refractivity contribution in [3.63, 3.8) is 0 Å². The highest BCUT2D eigenvalue weighted by molar-refractivity contribution is 5.94. The Hall–Kier alpha value is -3.55. The minimum Gasteiger partial charge on any atom is -0.465 e. The fraction of sp³-hybridized carbons (Fsp3) is 0.200. The Labute approximate surface area is 160 Å². The maximum atomic E-state index is 13.0. The number of esters is 1. The van der Waals surface area contributed by atoms with Crippen LogP contribution in [-0.4, -0.2) is 29.1 Å². The van der Waals surface area contributed by atoms with Crippen LogP contribution < -0.4 is 5.32 Å². The highest BCUT2D eigenvalue weighted by Crippen LogP contribution is 2.19. The number of methoxy groups -OCH3 is 1. The molecule has 0 aliphatic carbocycles. The highest BCUT2D eigenvalue weighted by Gasteiger charge is 2.13. The molecule has 0 bridgehead atoms. The number of rotatable bonds is 6. The third-order valence-electron chi connectivity index (χ3n) is 4.06. The zero-order valence-corrected chi connectivity index (χ0v) is 15.4. The minimum atomic E-state index is -0.436. The lowest BCUT2D eigenvalue weighted by molar-refractivity contribution is -0.116. The van der Waals surface area contributed by atoms with Gasteiger partial charge in [0.25, 0.3) is 0 Å². The number of carbonyl (C=O) groups excluding carboxylic acids is 2. The average Bonchev–Trinajstić information content (AvgIpc) is 3.17. The molecule has 3 rings (SSSR count). The first-order valence-electron chi connectivity index (χ1n) is 8.53. The summed E-state index contributed by atoms with van der Waals surface area (Å²) in [5.74, 6) is -0.360. The van der Waals surface area contributed by atoms with E-state index in [4.69, 9.17) is 4.52 Å². The topological polar surface area (TPSA) is 94.3 Å². The lowest BCUT2D eigenvalue weighted by Crippen LogP contribution is -2.13. The number of amides is 1. The van der Waals surface area contributed by atoms with E-state index in [1.807, 2.05) is 0 Å². The quantitative estimate of drug-likeness (QED) is 0.654. The number of aryl methyl sites for hydroxylation is 2. The zero-order chi connectivity index (χ0) is 20.1. The first-order valence-corrected chi connectivity index (χ1v) is 8.53. The van der Waals surface area contributed by atoms with Gasteiger partial charge >= 0.3 is 5.97 Å². The predicted molar refractivity (Wildman–Crippen MR) is 99.2 cm³/mol. The smallest absolute Gasteiger partial charge is 0.337 e. The molecule has 0 radical (unpaired) electrons. The normalized spacial score (nSPS) is 10.5. The van der Waals surface area contributed by atoms with Gasteiger partial charge in [-0.2, -0.15) is 4.98 Å². The van der Waals surface area contributed by atoms with Gasteiger partial charge in [0.2, 0.25) is 17.6 Å². The largest absolute Gasteiger partial charge is 0.465 e.